The lowest BCUT2D eigenvalue weighted by atomic mass is 10.1. The number of nitrogens with two attached hydrogens (primary N) is 1. The minimum absolute atomic E-state index is 0.673. The quantitative estimate of drug-likeness (QED) is 0.735. The minimum atomic E-state index is 0.673. The van der Waals surface area contributed by atoms with Crippen molar-refractivity contribution >= 4 is 17.4 Å². The Balaban J connectivity index is 2.71. The lowest BCUT2D eigenvalue weighted by Gasteiger charge is -1.97. The first-order chi connectivity index (χ1) is 5.36. The maximum Gasteiger partial charge on any atom is 0.0140 e. The van der Waals surface area contributed by atoms with Crippen molar-refractivity contribution in [1.82, 2.24) is 0 Å². The van der Waals surface area contributed by atoms with Gasteiger partial charge in [-0.15, -0.1) is 0 Å². The minimum Gasteiger partial charge on any atom is -0.327 e. The standard InChI is InChI=1S/C9H13NS/c1-2-8(6-10)5-9-3-4-11-7-9/h3-5,7H,2,6,10H2,1H3. The van der Waals surface area contributed by atoms with Crippen LogP contribution in [0.4, 0.5) is 0 Å². The second-order valence-electron chi connectivity index (χ2n) is 2.42. The first kappa shape index (κ1) is 8.50. The Hall–Kier alpha value is -0.600. The van der Waals surface area contributed by atoms with Crippen LogP contribution in [0, 0.1) is 0 Å². The van der Waals surface area contributed by atoms with Crippen LogP contribution in [0.2, 0.25) is 0 Å². The van der Waals surface area contributed by atoms with E-state index in [9.17, 15) is 0 Å². The molecule has 0 amide bonds. The van der Waals surface area contributed by atoms with Gasteiger partial charge < -0.3 is 5.73 Å². The smallest absolute Gasteiger partial charge is 0.0140 e. The van der Waals surface area contributed by atoms with Gasteiger partial charge in [-0.25, -0.2) is 0 Å². The lowest BCUT2D eigenvalue weighted by Crippen LogP contribution is -2.01. The summed E-state index contributed by atoms with van der Waals surface area (Å²) < 4.78 is 0. The van der Waals surface area contributed by atoms with Crippen molar-refractivity contribution in [1.29, 1.82) is 0 Å². The normalized spacial score (nSPS) is 12.0. The predicted octanol–water partition coefficient (Wildman–Crippen LogP) is 2.50. The van der Waals surface area contributed by atoms with Crippen LogP contribution in [0.25, 0.3) is 6.08 Å². The Kier molecular flexibility index (Phi) is 3.33. The molecule has 11 heavy (non-hydrogen) atoms. The van der Waals surface area contributed by atoms with Crippen LogP contribution in [0.3, 0.4) is 0 Å². The van der Waals surface area contributed by atoms with Crippen LogP contribution in [0.5, 0.6) is 0 Å². The number of rotatable bonds is 3. The molecule has 0 fully saturated rings. The predicted molar refractivity (Wildman–Crippen MR) is 51.6 cm³/mol. The SMILES string of the molecule is CCC(=Cc1ccsc1)CN. The molecular formula is C9H13NS. The van der Waals surface area contributed by atoms with E-state index in [1.54, 1.807) is 11.3 Å². The van der Waals surface area contributed by atoms with Crippen molar-refractivity contribution in [2.45, 2.75) is 13.3 Å². The summed E-state index contributed by atoms with van der Waals surface area (Å²) in [7, 11) is 0. The molecule has 2 heteroatoms. The van der Waals surface area contributed by atoms with Gasteiger partial charge in [-0.2, -0.15) is 11.3 Å². The maximum absolute atomic E-state index is 5.53. The van der Waals surface area contributed by atoms with Gasteiger partial charge >= 0.3 is 0 Å². The molecule has 0 unspecified atom stereocenters. The van der Waals surface area contributed by atoms with E-state index in [1.165, 1.54) is 11.1 Å². The second kappa shape index (κ2) is 4.31. The van der Waals surface area contributed by atoms with Gasteiger partial charge in [0.2, 0.25) is 0 Å². The highest BCUT2D eigenvalue weighted by atomic mass is 32.1. The first-order valence-corrected chi connectivity index (χ1v) is 4.72. The summed E-state index contributed by atoms with van der Waals surface area (Å²) in [5.74, 6) is 0. The van der Waals surface area contributed by atoms with E-state index < -0.39 is 0 Å². The zero-order valence-electron chi connectivity index (χ0n) is 6.71. The van der Waals surface area contributed by atoms with E-state index in [4.69, 9.17) is 5.73 Å². The van der Waals surface area contributed by atoms with Gasteiger partial charge in [0.05, 0.1) is 0 Å². The zero-order chi connectivity index (χ0) is 8.10. The van der Waals surface area contributed by atoms with Crippen molar-refractivity contribution < 1.29 is 0 Å². The highest BCUT2D eigenvalue weighted by Gasteiger charge is 1.91. The average Bonchev–Trinajstić information content (AvgIpc) is 2.52. The number of hydrogen-bond donors (Lipinski definition) is 1. The molecule has 0 aromatic carbocycles. The van der Waals surface area contributed by atoms with E-state index in [0.29, 0.717) is 6.54 Å². The third kappa shape index (κ3) is 2.48. The van der Waals surface area contributed by atoms with Gasteiger partial charge in [-0.3, -0.25) is 0 Å². The highest BCUT2D eigenvalue weighted by molar-refractivity contribution is 7.08. The lowest BCUT2D eigenvalue weighted by molar-refractivity contribution is 1.02. The van der Waals surface area contributed by atoms with Gasteiger partial charge in [-0.05, 0) is 28.8 Å². The summed E-state index contributed by atoms with van der Waals surface area (Å²) in [5, 5.41) is 4.21. The van der Waals surface area contributed by atoms with E-state index in [2.05, 4.69) is 29.8 Å². The number of hydrogen-bond acceptors (Lipinski definition) is 2. The highest BCUT2D eigenvalue weighted by Crippen LogP contribution is 2.11. The summed E-state index contributed by atoms with van der Waals surface area (Å²) in [5.41, 5.74) is 8.12. The molecule has 1 aromatic heterocycles. The molecule has 1 rings (SSSR count). The van der Waals surface area contributed by atoms with Gasteiger partial charge in [0.1, 0.15) is 0 Å². The fourth-order valence-corrected chi connectivity index (χ4v) is 1.52. The second-order valence-corrected chi connectivity index (χ2v) is 3.20. The molecule has 0 saturated heterocycles. The van der Waals surface area contributed by atoms with Crippen molar-refractivity contribution in [3.8, 4) is 0 Å². The van der Waals surface area contributed by atoms with Crippen molar-refractivity contribution in [3.05, 3.63) is 28.0 Å². The van der Waals surface area contributed by atoms with Crippen molar-refractivity contribution in [2.24, 2.45) is 5.73 Å². The molecule has 0 saturated carbocycles. The average molecular weight is 167 g/mol. The van der Waals surface area contributed by atoms with Crippen LogP contribution < -0.4 is 5.73 Å². The Bertz CT molecular complexity index is 218. The van der Waals surface area contributed by atoms with E-state index in [-0.39, 0.29) is 0 Å². The fraction of sp³-hybridized carbons (Fsp3) is 0.333. The largest absolute Gasteiger partial charge is 0.327 e. The molecule has 0 aliphatic rings. The van der Waals surface area contributed by atoms with Gasteiger partial charge in [0.15, 0.2) is 0 Å². The molecule has 0 aliphatic carbocycles. The molecular weight excluding hydrogens is 154 g/mol. The summed E-state index contributed by atoms with van der Waals surface area (Å²) in [4.78, 5) is 0. The first-order valence-electron chi connectivity index (χ1n) is 3.78. The molecule has 0 atom stereocenters. The monoisotopic (exact) mass is 167 g/mol. The van der Waals surface area contributed by atoms with Gasteiger partial charge in [0.25, 0.3) is 0 Å². The summed E-state index contributed by atoms with van der Waals surface area (Å²) >= 11 is 1.72. The van der Waals surface area contributed by atoms with E-state index >= 15 is 0 Å². The zero-order valence-corrected chi connectivity index (χ0v) is 7.53. The van der Waals surface area contributed by atoms with Crippen LogP contribution in [0.15, 0.2) is 22.4 Å². The Labute approximate surface area is 71.5 Å². The Morgan fingerprint density at radius 3 is 3.00 bits per heavy atom. The fourth-order valence-electron chi connectivity index (χ4n) is 0.898. The maximum atomic E-state index is 5.53. The van der Waals surface area contributed by atoms with Crippen LogP contribution in [0.1, 0.15) is 18.9 Å². The molecule has 0 spiro atoms. The topological polar surface area (TPSA) is 26.0 Å². The van der Waals surface area contributed by atoms with E-state index in [1.807, 2.05) is 0 Å². The van der Waals surface area contributed by atoms with Crippen LogP contribution in [-0.2, 0) is 0 Å². The third-order valence-corrected chi connectivity index (χ3v) is 2.33. The molecule has 60 valence electrons. The summed E-state index contributed by atoms with van der Waals surface area (Å²) in [6.45, 7) is 2.80. The molecule has 1 aromatic rings. The van der Waals surface area contributed by atoms with Crippen LogP contribution >= 0.6 is 11.3 Å². The van der Waals surface area contributed by atoms with Crippen molar-refractivity contribution in [2.75, 3.05) is 6.54 Å². The molecule has 2 N–H and O–H groups in total. The van der Waals surface area contributed by atoms with Gasteiger partial charge in [-0.1, -0.05) is 18.6 Å². The summed E-state index contributed by atoms with van der Waals surface area (Å²) in [6.07, 6.45) is 3.21. The molecule has 1 heterocycles. The van der Waals surface area contributed by atoms with E-state index in [0.717, 1.165) is 6.42 Å². The molecule has 0 radical (unpaired) electrons. The molecule has 0 aliphatic heterocycles. The molecule has 1 nitrogen and oxygen atoms in total. The number of thiophene rings is 1. The Morgan fingerprint density at radius 1 is 1.73 bits per heavy atom. The third-order valence-electron chi connectivity index (χ3n) is 1.63. The molecule has 0 bridgehead atoms. The summed E-state index contributed by atoms with van der Waals surface area (Å²) in [6, 6.07) is 2.11. The van der Waals surface area contributed by atoms with Crippen LogP contribution in [-0.4, -0.2) is 6.54 Å². The van der Waals surface area contributed by atoms with Gasteiger partial charge in [0, 0.05) is 6.54 Å². The Morgan fingerprint density at radius 2 is 2.55 bits per heavy atom. The van der Waals surface area contributed by atoms with Crippen molar-refractivity contribution in [3.63, 3.8) is 0 Å².